The summed E-state index contributed by atoms with van der Waals surface area (Å²) in [7, 11) is -3.79. The Hall–Kier alpha value is -1.37. The molecule has 0 radical (unpaired) electrons. The van der Waals surface area contributed by atoms with Gasteiger partial charge in [0.15, 0.2) is 5.03 Å². The minimum atomic E-state index is -3.79. The van der Waals surface area contributed by atoms with Crippen LogP contribution < -0.4 is 11.1 Å². The zero-order valence-electron chi connectivity index (χ0n) is 7.81. The molecule has 0 saturated heterocycles. The summed E-state index contributed by atoms with van der Waals surface area (Å²) in [5.41, 5.74) is 4.98. The van der Waals surface area contributed by atoms with Crippen molar-refractivity contribution in [2.24, 2.45) is 10.1 Å². The Bertz CT molecular complexity index is 419. The van der Waals surface area contributed by atoms with Crippen LogP contribution in [0.15, 0.2) is 15.5 Å². The number of rotatable bonds is 2. The fourth-order valence-corrected chi connectivity index (χ4v) is 1.62. The number of nitrogens with two attached hydrogens (primary N) is 1. The fraction of sp³-hybridized carbons (Fsp3) is 0.429. The quantitative estimate of drug-likeness (QED) is 0.625. The Balaban J connectivity index is 2.90. The highest BCUT2D eigenvalue weighted by Gasteiger charge is 2.25. The molecule has 14 heavy (non-hydrogen) atoms. The van der Waals surface area contributed by atoms with E-state index in [9.17, 15) is 13.2 Å². The number of nitrogens with zero attached hydrogens (tertiary/aromatic N) is 1. The molecule has 6 nitrogen and oxygen atoms in total. The van der Waals surface area contributed by atoms with Gasteiger partial charge in [-0.25, -0.2) is 0 Å². The second kappa shape index (κ2) is 3.41. The molecule has 1 heterocycles. The molecule has 0 aromatic rings. The normalized spacial score (nSPS) is 19.1. The van der Waals surface area contributed by atoms with Crippen molar-refractivity contribution >= 4 is 21.6 Å². The third kappa shape index (κ3) is 2.11. The maximum atomic E-state index is 11.3. The van der Waals surface area contributed by atoms with Crippen molar-refractivity contribution in [2.75, 3.05) is 0 Å². The average Bonchev–Trinajstić information content (AvgIpc) is 2.25. The average molecular weight is 217 g/mol. The van der Waals surface area contributed by atoms with E-state index in [1.54, 1.807) is 13.8 Å². The molecule has 0 aromatic carbocycles. The summed E-state index contributed by atoms with van der Waals surface area (Å²) >= 11 is 0. The van der Waals surface area contributed by atoms with Gasteiger partial charge < -0.3 is 11.1 Å². The lowest BCUT2D eigenvalue weighted by Gasteiger charge is -2.05. The van der Waals surface area contributed by atoms with Crippen LogP contribution >= 0.6 is 0 Å². The number of carbonyl (C=O) groups excluding carboxylic acids is 1. The Morgan fingerprint density at radius 2 is 2.14 bits per heavy atom. The number of hydrogen-bond donors (Lipinski definition) is 2. The lowest BCUT2D eigenvalue weighted by Crippen LogP contribution is -2.34. The van der Waals surface area contributed by atoms with E-state index in [0.717, 1.165) is 6.08 Å². The molecule has 1 aliphatic heterocycles. The molecule has 0 saturated carbocycles. The maximum absolute atomic E-state index is 11.3. The molecule has 0 aromatic heterocycles. The van der Waals surface area contributed by atoms with Crippen LogP contribution in [0.5, 0.6) is 0 Å². The fourth-order valence-electron chi connectivity index (χ4n) is 0.861. The van der Waals surface area contributed by atoms with E-state index < -0.39 is 21.0 Å². The van der Waals surface area contributed by atoms with Crippen molar-refractivity contribution in [1.29, 1.82) is 0 Å². The summed E-state index contributed by atoms with van der Waals surface area (Å²) in [6, 6.07) is -0.0804. The summed E-state index contributed by atoms with van der Waals surface area (Å²) in [5, 5.41) is 2.11. The number of nitrogens with one attached hydrogen (secondary N) is 1. The molecule has 0 aliphatic carbocycles. The lowest BCUT2D eigenvalue weighted by atomic mass is 10.3. The predicted molar refractivity (Wildman–Crippen MR) is 51.9 cm³/mol. The summed E-state index contributed by atoms with van der Waals surface area (Å²) in [5.74, 6) is -0.538. The van der Waals surface area contributed by atoms with Gasteiger partial charge in [0.05, 0.1) is 0 Å². The van der Waals surface area contributed by atoms with Crippen molar-refractivity contribution in [2.45, 2.75) is 19.9 Å². The Morgan fingerprint density at radius 1 is 1.57 bits per heavy atom. The van der Waals surface area contributed by atoms with Gasteiger partial charge in [-0.1, -0.05) is 0 Å². The lowest BCUT2D eigenvalue weighted by molar-refractivity contribution is -0.115. The van der Waals surface area contributed by atoms with Crippen LogP contribution in [0, 0.1) is 0 Å². The minimum absolute atomic E-state index is 0.0804. The van der Waals surface area contributed by atoms with Crippen LogP contribution in [0.4, 0.5) is 0 Å². The highest BCUT2D eigenvalue weighted by atomic mass is 32.2. The molecule has 7 heteroatoms. The van der Waals surface area contributed by atoms with Gasteiger partial charge in [0.2, 0.25) is 0 Å². The van der Waals surface area contributed by atoms with Gasteiger partial charge in [-0.3, -0.25) is 4.79 Å². The summed E-state index contributed by atoms with van der Waals surface area (Å²) in [4.78, 5) is 11.3. The van der Waals surface area contributed by atoms with Crippen molar-refractivity contribution in [3.63, 3.8) is 0 Å². The number of amides is 1. The van der Waals surface area contributed by atoms with Crippen molar-refractivity contribution < 1.29 is 13.2 Å². The molecule has 78 valence electrons. The Morgan fingerprint density at radius 3 is 2.50 bits per heavy atom. The minimum Gasteiger partial charge on any atom is -0.388 e. The first-order valence-corrected chi connectivity index (χ1v) is 5.40. The van der Waals surface area contributed by atoms with Gasteiger partial charge in [0.25, 0.3) is 15.9 Å². The van der Waals surface area contributed by atoms with E-state index in [4.69, 9.17) is 5.73 Å². The second-order valence-electron chi connectivity index (χ2n) is 3.13. The summed E-state index contributed by atoms with van der Waals surface area (Å²) in [6.45, 7) is 3.52. The zero-order chi connectivity index (χ0) is 10.9. The van der Waals surface area contributed by atoms with Gasteiger partial charge in [-0.05, 0) is 13.8 Å². The van der Waals surface area contributed by atoms with Crippen LogP contribution in [0.1, 0.15) is 13.8 Å². The molecule has 0 atom stereocenters. The Labute approximate surface area is 81.9 Å². The van der Waals surface area contributed by atoms with Crippen LogP contribution in [0.2, 0.25) is 0 Å². The summed E-state index contributed by atoms with van der Waals surface area (Å²) in [6.07, 6.45) is 1.05. The van der Waals surface area contributed by atoms with Crippen LogP contribution in [-0.2, 0) is 14.8 Å². The largest absolute Gasteiger partial charge is 0.388 e. The molecule has 1 rings (SSSR count). The molecular formula is C7H11N3O3S. The second-order valence-corrected chi connectivity index (χ2v) is 4.73. The van der Waals surface area contributed by atoms with Crippen LogP contribution in [0.3, 0.4) is 0 Å². The molecule has 3 N–H and O–H groups in total. The zero-order valence-corrected chi connectivity index (χ0v) is 8.63. The van der Waals surface area contributed by atoms with Crippen LogP contribution in [0.25, 0.3) is 0 Å². The van der Waals surface area contributed by atoms with Crippen molar-refractivity contribution in [3.8, 4) is 0 Å². The monoisotopic (exact) mass is 217 g/mol. The molecule has 0 fully saturated rings. The standard InChI is InChI=1S/C7H11N3O3S/c1-4(2)9-7(11)5-3-6(8)14(12,13)10-5/h3-4H,8H2,1-2H3,(H,9,11). The number of carbonyl (C=O) groups is 1. The molecular weight excluding hydrogens is 206 g/mol. The first kappa shape index (κ1) is 10.7. The van der Waals surface area contributed by atoms with Gasteiger partial charge in [0.1, 0.15) is 5.71 Å². The van der Waals surface area contributed by atoms with E-state index in [1.807, 2.05) is 0 Å². The highest BCUT2D eigenvalue weighted by molar-refractivity contribution is 7.94. The first-order valence-electron chi connectivity index (χ1n) is 3.96. The highest BCUT2D eigenvalue weighted by Crippen LogP contribution is 2.11. The third-order valence-corrected chi connectivity index (χ3v) is 2.60. The van der Waals surface area contributed by atoms with Gasteiger partial charge in [0, 0.05) is 12.1 Å². The van der Waals surface area contributed by atoms with Crippen molar-refractivity contribution in [3.05, 3.63) is 11.1 Å². The Kier molecular flexibility index (Phi) is 2.61. The molecule has 1 aliphatic rings. The SMILES string of the molecule is CC(C)NC(=O)C1=NS(=O)(=O)C(N)=C1. The maximum Gasteiger partial charge on any atom is 0.298 e. The molecule has 0 bridgehead atoms. The number of sulfonamides is 1. The van der Waals surface area contributed by atoms with E-state index in [0.29, 0.717) is 0 Å². The van der Waals surface area contributed by atoms with E-state index in [1.165, 1.54) is 0 Å². The van der Waals surface area contributed by atoms with E-state index >= 15 is 0 Å². The predicted octanol–water partition coefficient (Wildman–Crippen LogP) is -0.904. The molecule has 0 spiro atoms. The first-order chi connectivity index (χ1) is 6.33. The third-order valence-electron chi connectivity index (χ3n) is 1.45. The van der Waals surface area contributed by atoms with E-state index in [-0.39, 0.29) is 11.8 Å². The molecule has 0 unspecified atom stereocenters. The number of hydrogen-bond acceptors (Lipinski definition) is 4. The molecule has 1 amide bonds. The van der Waals surface area contributed by atoms with Gasteiger partial charge in [-0.15, -0.1) is 0 Å². The topological polar surface area (TPSA) is 102 Å². The summed E-state index contributed by atoms with van der Waals surface area (Å²) < 4.78 is 25.2. The smallest absolute Gasteiger partial charge is 0.298 e. The van der Waals surface area contributed by atoms with Crippen LogP contribution in [-0.4, -0.2) is 26.1 Å². The van der Waals surface area contributed by atoms with Gasteiger partial charge >= 0.3 is 0 Å². The van der Waals surface area contributed by atoms with Gasteiger partial charge in [-0.2, -0.15) is 12.8 Å². The van der Waals surface area contributed by atoms with E-state index in [2.05, 4.69) is 9.71 Å². The van der Waals surface area contributed by atoms with Crippen molar-refractivity contribution in [1.82, 2.24) is 5.32 Å².